The number of aryl methyl sites for hydroxylation is 1. The summed E-state index contributed by atoms with van der Waals surface area (Å²) in [5, 5.41) is 3.42. The maximum atomic E-state index is 6.11. The molecule has 1 N–H and O–H groups in total. The van der Waals surface area contributed by atoms with E-state index in [0.29, 0.717) is 6.10 Å². The van der Waals surface area contributed by atoms with Gasteiger partial charge in [-0.1, -0.05) is 42.0 Å². The number of ether oxygens (including phenoxy) is 1. The topological polar surface area (TPSA) is 21.3 Å². The molecule has 1 aliphatic heterocycles. The molecule has 2 aromatic carbocycles. The summed E-state index contributed by atoms with van der Waals surface area (Å²) in [6, 6.07) is 17.1. The highest BCUT2D eigenvalue weighted by atomic mass is 16.5. The molecule has 1 unspecified atom stereocenters. The lowest BCUT2D eigenvalue weighted by molar-refractivity contribution is 0.187. The van der Waals surface area contributed by atoms with E-state index in [9.17, 15) is 0 Å². The summed E-state index contributed by atoms with van der Waals surface area (Å²) in [4.78, 5) is 0. The molecular formula is C19H23NO. The zero-order valence-corrected chi connectivity index (χ0v) is 12.6. The van der Waals surface area contributed by atoms with Gasteiger partial charge in [0.25, 0.3) is 0 Å². The number of rotatable bonds is 3. The second kappa shape index (κ2) is 6.77. The van der Waals surface area contributed by atoms with E-state index < -0.39 is 0 Å². The van der Waals surface area contributed by atoms with Crippen LogP contribution in [-0.4, -0.2) is 19.2 Å². The van der Waals surface area contributed by atoms with Crippen molar-refractivity contribution in [3.63, 3.8) is 0 Å². The third-order valence-corrected chi connectivity index (χ3v) is 4.06. The molecule has 2 heteroatoms. The number of hydrogen-bond acceptors (Lipinski definition) is 2. The Bertz CT molecular complexity index is 551. The smallest absolute Gasteiger partial charge is 0.119 e. The first kappa shape index (κ1) is 14.2. The van der Waals surface area contributed by atoms with Crippen LogP contribution in [0.5, 0.6) is 5.75 Å². The molecule has 0 amide bonds. The van der Waals surface area contributed by atoms with Crippen LogP contribution in [0.25, 0.3) is 11.1 Å². The number of benzene rings is 2. The van der Waals surface area contributed by atoms with E-state index >= 15 is 0 Å². The van der Waals surface area contributed by atoms with E-state index in [1.165, 1.54) is 23.1 Å². The molecule has 0 saturated carbocycles. The van der Waals surface area contributed by atoms with Gasteiger partial charge < -0.3 is 10.1 Å². The molecule has 2 nitrogen and oxygen atoms in total. The first-order valence-electron chi connectivity index (χ1n) is 7.86. The predicted molar refractivity (Wildman–Crippen MR) is 87.8 cm³/mol. The summed E-state index contributed by atoms with van der Waals surface area (Å²) in [5.41, 5.74) is 3.79. The molecular weight excluding hydrogens is 258 g/mol. The first-order valence-corrected chi connectivity index (χ1v) is 7.86. The van der Waals surface area contributed by atoms with Crippen LogP contribution in [-0.2, 0) is 0 Å². The molecule has 1 aliphatic rings. The highest BCUT2D eigenvalue weighted by Gasteiger charge is 2.13. The van der Waals surface area contributed by atoms with Gasteiger partial charge in [0.1, 0.15) is 5.75 Å². The van der Waals surface area contributed by atoms with Gasteiger partial charge in [-0.2, -0.15) is 0 Å². The molecule has 3 rings (SSSR count). The minimum absolute atomic E-state index is 0.352. The number of hydrogen-bond donors (Lipinski definition) is 1. The normalized spacial score (nSPS) is 19.0. The molecule has 21 heavy (non-hydrogen) atoms. The Morgan fingerprint density at radius 2 is 1.52 bits per heavy atom. The van der Waals surface area contributed by atoms with Gasteiger partial charge in [0.2, 0.25) is 0 Å². The Hall–Kier alpha value is -1.80. The maximum absolute atomic E-state index is 6.11. The van der Waals surface area contributed by atoms with Crippen LogP contribution in [0, 0.1) is 6.92 Å². The predicted octanol–water partition coefficient (Wildman–Crippen LogP) is 4.18. The zero-order chi connectivity index (χ0) is 14.5. The molecule has 0 aliphatic carbocycles. The maximum Gasteiger partial charge on any atom is 0.119 e. The highest BCUT2D eigenvalue weighted by molar-refractivity contribution is 5.64. The van der Waals surface area contributed by atoms with Crippen molar-refractivity contribution in [1.29, 1.82) is 0 Å². The van der Waals surface area contributed by atoms with Crippen LogP contribution in [0.4, 0.5) is 0 Å². The average Bonchev–Trinajstić information content (AvgIpc) is 2.78. The summed E-state index contributed by atoms with van der Waals surface area (Å²) in [6.07, 6.45) is 3.80. The third kappa shape index (κ3) is 3.85. The summed E-state index contributed by atoms with van der Waals surface area (Å²) in [5.74, 6) is 0.984. The lowest BCUT2D eigenvalue weighted by Crippen LogP contribution is -2.19. The SMILES string of the molecule is Cc1ccc(-c2ccc(OC3CCCNCC3)cc2)cc1. The average molecular weight is 281 g/mol. The van der Waals surface area contributed by atoms with E-state index in [-0.39, 0.29) is 0 Å². The van der Waals surface area contributed by atoms with Crippen molar-refractivity contribution in [2.24, 2.45) is 0 Å². The van der Waals surface area contributed by atoms with Gasteiger partial charge in [0, 0.05) is 0 Å². The number of nitrogens with one attached hydrogen (secondary N) is 1. The molecule has 0 spiro atoms. The van der Waals surface area contributed by atoms with Gasteiger partial charge in [-0.15, -0.1) is 0 Å². The fourth-order valence-electron chi connectivity index (χ4n) is 2.77. The van der Waals surface area contributed by atoms with Crippen molar-refractivity contribution in [3.05, 3.63) is 54.1 Å². The van der Waals surface area contributed by atoms with E-state index in [1.807, 2.05) is 0 Å². The van der Waals surface area contributed by atoms with E-state index in [4.69, 9.17) is 4.74 Å². The van der Waals surface area contributed by atoms with E-state index in [1.54, 1.807) is 0 Å². The molecule has 1 atom stereocenters. The van der Waals surface area contributed by atoms with Gasteiger partial charge in [-0.3, -0.25) is 0 Å². The van der Waals surface area contributed by atoms with E-state index in [0.717, 1.165) is 31.7 Å². The van der Waals surface area contributed by atoms with Gasteiger partial charge >= 0.3 is 0 Å². The minimum Gasteiger partial charge on any atom is -0.490 e. The van der Waals surface area contributed by atoms with Crippen LogP contribution < -0.4 is 10.1 Å². The lowest BCUT2D eigenvalue weighted by Gasteiger charge is -2.17. The van der Waals surface area contributed by atoms with Crippen LogP contribution in [0.2, 0.25) is 0 Å². The Morgan fingerprint density at radius 1 is 0.857 bits per heavy atom. The van der Waals surface area contributed by atoms with Crippen molar-refractivity contribution >= 4 is 0 Å². The summed E-state index contributed by atoms with van der Waals surface area (Å²) >= 11 is 0. The Labute approximate surface area is 127 Å². The summed E-state index contributed by atoms with van der Waals surface area (Å²) in [7, 11) is 0. The molecule has 1 heterocycles. The van der Waals surface area contributed by atoms with Crippen molar-refractivity contribution in [2.75, 3.05) is 13.1 Å². The second-order valence-corrected chi connectivity index (χ2v) is 5.81. The molecule has 2 aromatic rings. The Balaban J connectivity index is 1.67. The molecule has 0 bridgehead atoms. The Morgan fingerprint density at radius 3 is 2.24 bits per heavy atom. The van der Waals surface area contributed by atoms with Gasteiger partial charge in [0.05, 0.1) is 6.10 Å². The minimum atomic E-state index is 0.352. The fourth-order valence-corrected chi connectivity index (χ4v) is 2.77. The summed E-state index contributed by atoms with van der Waals surface area (Å²) in [6.45, 7) is 4.29. The quantitative estimate of drug-likeness (QED) is 0.911. The zero-order valence-electron chi connectivity index (χ0n) is 12.6. The van der Waals surface area contributed by atoms with Crippen LogP contribution in [0.15, 0.2) is 48.5 Å². The fraction of sp³-hybridized carbons (Fsp3) is 0.368. The van der Waals surface area contributed by atoms with Crippen molar-refractivity contribution in [1.82, 2.24) is 5.32 Å². The van der Waals surface area contributed by atoms with Crippen LogP contribution >= 0.6 is 0 Å². The molecule has 0 aromatic heterocycles. The van der Waals surface area contributed by atoms with Crippen molar-refractivity contribution < 1.29 is 4.74 Å². The van der Waals surface area contributed by atoms with E-state index in [2.05, 4.69) is 60.8 Å². The largest absolute Gasteiger partial charge is 0.490 e. The van der Waals surface area contributed by atoms with Gasteiger partial charge in [-0.05, 0) is 62.5 Å². The van der Waals surface area contributed by atoms with Crippen LogP contribution in [0.3, 0.4) is 0 Å². The highest BCUT2D eigenvalue weighted by Crippen LogP contribution is 2.24. The molecule has 1 saturated heterocycles. The molecule has 110 valence electrons. The lowest BCUT2D eigenvalue weighted by atomic mass is 10.0. The molecule has 1 fully saturated rings. The Kier molecular flexibility index (Phi) is 4.56. The standard InChI is InChI=1S/C19H23NO/c1-15-4-6-16(7-5-15)17-8-10-19(11-9-17)21-18-3-2-13-20-14-12-18/h4-11,18,20H,2-3,12-14H2,1H3. The summed E-state index contributed by atoms with van der Waals surface area (Å²) < 4.78 is 6.11. The van der Waals surface area contributed by atoms with Crippen molar-refractivity contribution in [3.8, 4) is 16.9 Å². The van der Waals surface area contributed by atoms with Crippen molar-refractivity contribution in [2.45, 2.75) is 32.3 Å². The van der Waals surface area contributed by atoms with Crippen LogP contribution in [0.1, 0.15) is 24.8 Å². The monoisotopic (exact) mass is 281 g/mol. The second-order valence-electron chi connectivity index (χ2n) is 5.81. The van der Waals surface area contributed by atoms with Gasteiger partial charge in [-0.25, -0.2) is 0 Å². The third-order valence-electron chi connectivity index (χ3n) is 4.06. The first-order chi connectivity index (χ1) is 10.3. The molecule has 0 radical (unpaired) electrons. The van der Waals surface area contributed by atoms with Gasteiger partial charge in [0.15, 0.2) is 0 Å².